The summed E-state index contributed by atoms with van der Waals surface area (Å²) in [5, 5.41) is 9.24. The van der Waals surface area contributed by atoms with Crippen LogP contribution in [-0.2, 0) is 6.61 Å². The van der Waals surface area contributed by atoms with Crippen LogP contribution in [0.25, 0.3) is 11.3 Å². The van der Waals surface area contributed by atoms with Gasteiger partial charge in [0.05, 0.1) is 11.9 Å². The zero-order valence-electron chi connectivity index (χ0n) is 11.4. The zero-order chi connectivity index (χ0) is 14.5. The summed E-state index contributed by atoms with van der Waals surface area (Å²) in [5.74, 6) is 0.989. The third-order valence-corrected chi connectivity index (χ3v) is 3.15. The highest BCUT2D eigenvalue weighted by Crippen LogP contribution is 2.22. The Balaban J connectivity index is 1.68. The lowest BCUT2D eigenvalue weighted by Gasteiger charge is -2.07. The topological polar surface area (TPSA) is 42.4 Å². The van der Waals surface area contributed by atoms with Gasteiger partial charge in [-0.2, -0.15) is 0 Å². The molecule has 1 N–H and O–H groups in total. The lowest BCUT2D eigenvalue weighted by atomic mass is 10.1. The molecule has 3 aromatic rings. The molecule has 0 spiro atoms. The minimum atomic E-state index is 0.168. The van der Waals surface area contributed by atoms with E-state index in [2.05, 4.69) is 4.98 Å². The molecule has 1 aromatic heterocycles. The SMILES string of the molecule is Oc1ccc(-c2ccc(OCc3ccccc3)cc2)nc1. The van der Waals surface area contributed by atoms with Crippen molar-refractivity contribution in [3.8, 4) is 22.8 Å². The van der Waals surface area contributed by atoms with Crippen LogP contribution >= 0.6 is 0 Å². The molecule has 0 amide bonds. The molecule has 3 heteroatoms. The first-order chi connectivity index (χ1) is 10.3. The van der Waals surface area contributed by atoms with E-state index < -0.39 is 0 Å². The fourth-order valence-corrected chi connectivity index (χ4v) is 2.02. The summed E-state index contributed by atoms with van der Waals surface area (Å²) < 4.78 is 5.74. The van der Waals surface area contributed by atoms with Crippen LogP contribution < -0.4 is 4.74 Å². The largest absolute Gasteiger partial charge is 0.506 e. The standard InChI is InChI=1S/C18H15NO2/c20-16-8-11-18(19-12-16)15-6-9-17(10-7-15)21-13-14-4-2-1-3-5-14/h1-12,20H,13H2. The first-order valence-corrected chi connectivity index (χ1v) is 6.73. The van der Waals surface area contributed by atoms with Gasteiger partial charge in [0.25, 0.3) is 0 Å². The monoisotopic (exact) mass is 277 g/mol. The molecule has 0 fully saturated rings. The summed E-state index contributed by atoms with van der Waals surface area (Å²) >= 11 is 0. The summed E-state index contributed by atoms with van der Waals surface area (Å²) in [6.45, 7) is 0.553. The summed E-state index contributed by atoms with van der Waals surface area (Å²) in [6, 6.07) is 21.2. The van der Waals surface area contributed by atoms with E-state index in [0.717, 1.165) is 22.6 Å². The fourth-order valence-electron chi connectivity index (χ4n) is 2.02. The summed E-state index contributed by atoms with van der Waals surface area (Å²) in [7, 11) is 0. The Labute approximate surface area is 123 Å². The van der Waals surface area contributed by atoms with Crippen LogP contribution in [0.3, 0.4) is 0 Å². The van der Waals surface area contributed by atoms with Gasteiger partial charge in [-0.1, -0.05) is 30.3 Å². The molecule has 0 radical (unpaired) electrons. The predicted octanol–water partition coefficient (Wildman–Crippen LogP) is 4.03. The number of pyridine rings is 1. The molecule has 3 rings (SSSR count). The Kier molecular flexibility index (Phi) is 3.83. The van der Waals surface area contributed by atoms with E-state index in [1.165, 1.54) is 6.20 Å². The van der Waals surface area contributed by atoms with Gasteiger partial charge in [0.2, 0.25) is 0 Å². The number of benzene rings is 2. The number of nitrogens with zero attached hydrogens (tertiary/aromatic N) is 1. The van der Waals surface area contributed by atoms with Crippen molar-refractivity contribution in [2.45, 2.75) is 6.61 Å². The highest BCUT2D eigenvalue weighted by molar-refractivity contribution is 5.60. The third-order valence-electron chi connectivity index (χ3n) is 3.15. The molecular weight excluding hydrogens is 262 g/mol. The number of hydrogen-bond donors (Lipinski definition) is 1. The first kappa shape index (κ1) is 13.2. The van der Waals surface area contributed by atoms with Gasteiger partial charge in [-0.25, -0.2) is 0 Å². The second-order valence-corrected chi connectivity index (χ2v) is 4.70. The number of aromatic nitrogens is 1. The van der Waals surface area contributed by atoms with Crippen LogP contribution in [0.4, 0.5) is 0 Å². The van der Waals surface area contributed by atoms with Crippen molar-refractivity contribution < 1.29 is 9.84 Å². The zero-order valence-corrected chi connectivity index (χ0v) is 11.4. The van der Waals surface area contributed by atoms with Crippen LogP contribution in [0.2, 0.25) is 0 Å². The third kappa shape index (κ3) is 3.39. The average molecular weight is 277 g/mol. The Morgan fingerprint density at radius 3 is 2.29 bits per heavy atom. The first-order valence-electron chi connectivity index (χ1n) is 6.73. The van der Waals surface area contributed by atoms with E-state index in [-0.39, 0.29) is 5.75 Å². The number of ether oxygens (including phenoxy) is 1. The molecule has 0 bridgehead atoms. The molecule has 0 aliphatic heterocycles. The minimum absolute atomic E-state index is 0.168. The molecule has 21 heavy (non-hydrogen) atoms. The van der Waals surface area contributed by atoms with E-state index in [1.54, 1.807) is 12.1 Å². The van der Waals surface area contributed by atoms with E-state index in [0.29, 0.717) is 6.61 Å². The summed E-state index contributed by atoms with van der Waals surface area (Å²) in [5.41, 5.74) is 2.95. The predicted molar refractivity (Wildman–Crippen MR) is 82.1 cm³/mol. The highest BCUT2D eigenvalue weighted by atomic mass is 16.5. The molecule has 2 aromatic carbocycles. The maximum atomic E-state index is 9.24. The Bertz CT molecular complexity index is 692. The smallest absolute Gasteiger partial charge is 0.133 e. The number of hydrogen-bond acceptors (Lipinski definition) is 3. The Hall–Kier alpha value is -2.81. The lowest BCUT2D eigenvalue weighted by Crippen LogP contribution is -1.94. The molecule has 0 saturated carbocycles. The van der Waals surface area contributed by atoms with Gasteiger partial charge in [-0.15, -0.1) is 0 Å². The molecule has 3 nitrogen and oxygen atoms in total. The van der Waals surface area contributed by atoms with Crippen LogP contribution in [0.5, 0.6) is 11.5 Å². The number of aromatic hydroxyl groups is 1. The van der Waals surface area contributed by atoms with Crippen molar-refractivity contribution in [2.75, 3.05) is 0 Å². The van der Waals surface area contributed by atoms with Crippen molar-refractivity contribution in [1.82, 2.24) is 4.98 Å². The molecule has 0 unspecified atom stereocenters. The molecule has 0 atom stereocenters. The molecular formula is C18H15NO2. The Morgan fingerprint density at radius 1 is 0.857 bits per heavy atom. The van der Waals surface area contributed by atoms with Crippen molar-refractivity contribution in [2.24, 2.45) is 0 Å². The number of rotatable bonds is 4. The van der Waals surface area contributed by atoms with Crippen molar-refractivity contribution >= 4 is 0 Å². The second kappa shape index (κ2) is 6.09. The van der Waals surface area contributed by atoms with Crippen molar-refractivity contribution in [1.29, 1.82) is 0 Å². The van der Waals surface area contributed by atoms with Crippen LogP contribution in [-0.4, -0.2) is 10.1 Å². The van der Waals surface area contributed by atoms with Gasteiger partial charge < -0.3 is 9.84 Å². The van der Waals surface area contributed by atoms with Crippen LogP contribution in [0, 0.1) is 0 Å². The summed E-state index contributed by atoms with van der Waals surface area (Å²) in [6.07, 6.45) is 1.44. The molecule has 0 aliphatic rings. The van der Waals surface area contributed by atoms with Gasteiger partial charge >= 0.3 is 0 Å². The van der Waals surface area contributed by atoms with Crippen LogP contribution in [0.15, 0.2) is 72.9 Å². The molecule has 1 heterocycles. The van der Waals surface area contributed by atoms with Crippen molar-refractivity contribution in [3.63, 3.8) is 0 Å². The fraction of sp³-hybridized carbons (Fsp3) is 0.0556. The van der Waals surface area contributed by atoms with Gasteiger partial charge in [0.15, 0.2) is 0 Å². The van der Waals surface area contributed by atoms with Gasteiger partial charge in [-0.05, 0) is 42.0 Å². The summed E-state index contributed by atoms with van der Waals surface area (Å²) in [4.78, 5) is 4.18. The van der Waals surface area contributed by atoms with Crippen LogP contribution in [0.1, 0.15) is 5.56 Å². The maximum Gasteiger partial charge on any atom is 0.133 e. The van der Waals surface area contributed by atoms with Gasteiger partial charge in [0, 0.05) is 5.56 Å². The minimum Gasteiger partial charge on any atom is -0.506 e. The van der Waals surface area contributed by atoms with E-state index in [9.17, 15) is 5.11 Å². The molecule has 0 saturated heterocycles. The molecule has 0 aliphatic carbocycles. The van der Waals surface area contributed by atoms with Gasteiger partial charge in [-0.3, -0.25) is 4.98 Å². The quantitative estimate of drug-likeness (QED) is 0.782. The van der Waals surface area contributed by atoms with Crippen molar-refractivity contribution in [3.05, 3.63) is 78.5 Å². The second-order valence-electron chi connectivity index (χ2n) is 4.70. The normalized spacial score (nSPS) is 10.3. The highest BCUT2D eigenvalue weighted by Gasteiger charge is 2.01. The van der Waals surface area contributed by atoms with E-state index in [1.807, 2.05) is 54.6 Å². The average Bonchev–Trinajstić information content (AvgIpc) is 2.55. The van der Waals surface area contributed by atoms with Gasteiger partial charge in [0.1, 0.15) is 18.1 Å². The maximum absolute atomic E-state index is 9.24. The van der Waals surface area contributed by atoms with E-state index >= 15 is 0 Å². The molecule has 104 valence electrons. The van der Waals surface area contributed by atoms with E-state index in [4.69, 9.17) is 4.74 Å². The lowest BCUT2D eigenvalue weighted by molar-refractivity contribution is 0.306. The Morgan fingerprint density at radius 2 is 1.62 bits per heavy atom.